The standard InChI is InChI=1S/C17H11N3O2S/c21-12-2-1-11-7-13(16(22)19-14(11)8-12)15-9-23-17(20-15)10-3-5-18-6-4-10/h1-9,21H,(H,19,22). The van der Waals surface area contributed by atoms with Gasteiger partial charge in [0.15, 0.2) is 0 Å². The summed E-state index contributed by atoms with van der Waals surface area (Å²) in [6.07, 6.45) is 3.43. The van der Waals surface area contributed by atoms with Gasteiger partial charge < -0.3 is 10.1 Å². The molecule has 0 saturated carbocycles. The lowest BCUT2D eigenvalue weighted by Crippen LogP contribution is -2.08. The summed E-state index contributed by atoms with van der Waals surface area (Å²) in [4.78, 5) is 23.6. The van der Waals surface area contributed by atoms with Gasteiger partial charge in [-0.05, 0) is 35.7 Å². The van der Waals surface area contributed by atoms with E-state index in [2.05, 4.69) is 15.0 Å². The van der Waals surface area contributed by atoms with Crippen LogP contribution in [0.25, 0.3) is 32.7 Å². The number of rotatable bonds is 2. The quantitative estimate of drug-likeness (QED) is 0.593. The van der Waals surface area contributed by atoms with Crippen molar-refractivity contribution in [1.29, 1.82) is 0 Å². The Bertz CT molecular complexity index is 1050. The number of aromatic nitrogens is 3. The summed E-state index contributed by atoms with van der Waals surface area (Å²) in [6, 6.07) is 10.4. The fraction of sp³-hybridized carbons (Fsp3) is 0. The summed E-state index contributed by atoms with van der Waals surface area (Å²) >= 11 is 1.48. The molecule has 6 heteroatoms. The number of nitrogens with zero attached hydrogens (tertiary/aromatic N) is 2. The Balaban J connectivity index is 1.83. The van der Waals surface area contributed by atoms with E-state index in [0.29, 0.717) is 16.8 Å². The Hall–Kier alpha value is -2.99. The zero-order valence-corrected chi connectivity index (χ0v) is 12.7. The lowest BCUT2D eigenvalue weighted by atomic mass is 10.1. The van der Waals surface area contributed by atoms with Crippen LogP contribution < -0.4 is 5.56 Å². The number of benzene rings is 1. The van der Waals surface area contributed by atoms with Crippen molar-refractivity contribution in [2.75, 3.05) is 0 Å². The van der Waals surface area contributed by atoms with E-state index >= 15 is 0 Å². The summed E-state index contributed by atoms with van der Waals surface area (Å²) in [5, 5.41) is 13.1. The number of hydrogen-bond acceptors (Lipinski definition) is 5. The molecular formula is C17H11N3O2S. The molecule has 0 unspecified atom stereocenters. The van der Waals surface area contributed by atoms with Gasteiger partial charge in [-0.3, -0.25) is 9.78 Å². The molecule has 0 aliphatic carbocycles. The van der Waals surface area contributed by atoms with E-state index in [1.807, 2.05) is 17.5 Å². The maximum atomic E-state index is 12.3. The van der Waals surface area contributed by atoms with Gasteiger partial charge in [-0.1, -0.05) is 0 Å². The Labute approximate surface area is 134 Å². The molecule has 23 heavy (non-hydrogen) atoms. The minimum Gasteiger partial charge on any atom is -0.508 e. The van der Waals surface area contributed by atoms with Crippen molar-refractivity contribution in [3.8, 4) is 27.6 Å². The molecule has 2 N–H and O–H groups in total. The van der Waals surface area contributed by atoms with Gasteiger partial charge in [0.2, 0.25) is 0 Å². The average molecular weight is 321 g/mol. The highest BCUT2D eigenvalue weighted by Crippen LogP contribution is 2.28. The normalized spacial score (nSPS) is 11.0. The van der Waals surface area contributed by atoms with Crippen LogP contribution in [0.3, 0.4) is 0 Å². The number of pyridine rings is 2. The van der Waals surface area contributed by atoms with Crippen molar-refractivity contribution < 1.29 is 5.11 Å². The minimum absolute atomic E-state index is 0.120. The second-order valence-corrected chi connectivity index (χ2v) is 5.92. The zero-order chi connectivity index (χ0) is 15.8. The van der Waals surface area contributed by atoms with Crippen molar-refractivity contribution in [3.63, 3.8) is 0 Å². The number of aromatic amines is 1. The Morgan fingerprint density at radius 2 is 1.91 bits per heavy atom. The number of aromatic hydroxyl groups is 1. The molecule has 3 aromatic heterocycles. The molecule has 0 atom stereocenters. The van der Waals surface area contributed by atoms with Crippen LogP contribution in [0.15, 0.2) is 59.0 Å². The van der Waals surface area contributed by atoms with Crippen LogP contribution in [0.5, 0.6) is 5.75 Å². The van der Waals surface area contributed by atoms with Crippen LogP contribution in [0.2, 0.25) is 0 Å². The van der Waals surface area contributed by atoms with E-state index in [9.17, 15) is 9.90 Å². The molecule has 112 valence electrons. The summed E-state index contributed by atoms with van der Waals surface area (Å²) in [5.41, 5.74) is 2.49. The van der Waals surface area contributed by atoms with Crippen LogP contribution in [-0.2, 0) is 0 Å². The van der Waals surface area contributed by atoms with Gasteiger partial charge in [0, 0.05) is 29.4 Å². The SMILES string of the molecule is O=c1[nH]c2cc(O)ccc2cc1-c1csc(-c2ccncc2)n1. The van der Waals surface area contributed by atoms with Crippen molar-refractivity contribution in [3.05, 3.63) is 64.5 Å². The number of phenols is 1. The van der Waals surface area contributed by atoms with E-state index in [1.54, 1.807) is 30.6 Å². The summed E-state index contributed by atoms with van der Waals surface area (Å²) in [5.74, 6) is 0.120. The maximum absolute atomic E-state index is 12.3. The van der Waals surface area contributed by atoms with Crippen LogP contribution in [-0.4, -0.2) is 20.1 Å². The first-order chi connectivity index (χ1) is 11.2. The Morgan fingerprint density at radius 3 is 2.74 bits per heavy atom. The molecule has 0 fully saturated rings. The van der Waals surface area contributed by atoms with Gasteiger partial charge in [0.05, 0.1) is 16.8 Å². The van der Waals surface area contributed by atoms with Crippen molar-refractivity contribution >= 4 is 22.2 Å². The molecule has 4 aromatic rings. The topological polar surface area (TPSA) is 78.9 Å². The zero-order valence-electron chi connectivity index (χ0n) is 11.9. The molecule has 0 saturated heterocycles. The average Bonchev–Trinajstić information content (AvgIpc) is 3.05. The molecule has 0 spiro atoms. The smallest absolute Gasteiger partial charge is 0.257 e. The minimum atomic E-state index is -0.227. The van der Waals surface area contributed by atoms with Crippen molar-refractivity contribution in [2.24, 2.45) is 0 Å². The number of phenolic OH excluding ortho intramolecular Hbond substituents is 1. The van der Waals surface area contributed by atoms with Crippen LogP contribution >= 0.6 is 11.3 Å². The molecule has 4 rings (SSSR count). The van der Waals surface area contributed by atoms with Gasteiger partial charge >= 0.3 is 0 Å². The van der Waals surface area contributed by atoms with E-state index in [4.69, 9.17) is 0 Å². The van der Waals surface area contributed by atoms with Gasteiger partial charge in [-0.15, -0.1) is 11.3 Å². The van der Waals surface area contributed by atoms with Gasteiger partial charge in [0.25, 0.3) is 5.56 Å². The highest BCUT2D eigenvalue weighted by molar-refractivity contribution is 7.13. The third kappa shape index (κ3) is 2.49. The third-order valence-electron chi connectivity index (χ3n) is 3.54. The summed E-state index contributed by atoms with van der Waals surface area (Å²) < 4.78 is 0. The molecule has 5 nitrogen and oxygen atoms in total. The molecule has 3 heterocycles. The number of hydrogen-bond donors (Lipinski definition) is 2. The fourth-order valence-electron chi connectivity index (χ4n) is 2.40. The largest absolute Gasteiger partial charge is 0.508 e. The fourth-order valence-corrected chi connectivity index (χ4v) is 3.23. The lowest BCUT2D eigenvalue weighted by molar-refractivity contribution is 0.476. The van der Waals surface area contributed by atoms with Crippen LogP contribution in [0.4, 0.5) is 0 Å². The number of thiazole rings is 1. The first-order valence-corrected chi connectivity index (χ1v) is 7.81. The number of nitrogens with one attached hydrogen (secondary N) is 1. The second kappa shape index (κ2) is 5.33. The van der Waals surface area contributed by atoms with Crippen molar-refractivity contribution in [2.45, 2.75) is 0 Å². The molecule has 0 amide bonds. The number of fused-ring (bicyclic) bond motifs is 1. The van der Waals surface area contributed by atoms with E-state index in [1.165, 1.54) is 17.4 Å². The first-order valence-electron chi connectivity index (χ1n) is 6.93. The maximum Gasteiger partial charge on any atom is 0.257 e. The number of H-pyrrole nitrogens is 1. The van der Waals surface area contributed by atoms with E-state index in [-0.39, 0.29) is 11.3 Å². The van der Waals surface area contributed by atoms with E-state index < -0.39 is 0 Å². The second-order valence-electron chi connectivity index (χ2n) is 5.06. The van der Waals surface area contributed by atoms with Gasteiger partial charge in [-0.25, -0.2) is 4.98 Å². The van der Waals surface area contributed by atoms with Crippen molar-refractivity contribution in [1.82, 2.24) is 15.0 Å². The Kier molecular flexibility index (Phi) is 3.17. The highest BCUT2D eigenvalue weighted by Gasteiger charge is 2.11. The monoisotopic (exact) mass is 321 g/mol. The predicted molar refractivity (Wildman–Crippen MR) is 90.6 cm³/mol. The molecule has 0 bridgehead atoms. The first kappa shape index (κ1) is 13.7. The summed E-state index contributed by atoms with van der Waals surface area (Å²) in [6.45, 7) is 0. The van der Waals surface area contributed by atoms with Gasteiger partial charge in [0.1, 0.15) is 10.8 Å². The molecule has 0 radical (unpaired) electrons. The lowest BCUT2D eigenvalue weighted by Gasteiger charge is -2.02. The molecule has 0 aliphatic rings. The molecule has 0 aliphatic heterocycles. The predicted octanol–water partition coefficient (Wildman–Crippen LogP) is 3.42. The third-order valence-corrected chi connectivity index (χ3v) is 4.43. The van der Waals surface area contributed by atoms with Crippen LogP contribution in [0, 0.1) is 0 Å². The summed E-state index contributed by atoms with van der Waals surface area (Å²) in [7, 11) is 0. The molecule has 1 aromatic carbocycles. The van der Waals surface area contributed by atoms with Crippen LogP contribution in [0.1, 0.15) is 0 Å². The Morgan fingerprint density at radius 1 is 1.09 bits per heavy atom. The van der Waals surface area contributed by atoms with E-state index in [0.717, 1.165) is 16.0 Å². The highest BCUT2D eigenvalue weighted by atomic mass is 32.1. The van der Waals surface area contributed by atoms with Gasteiger partial charge in [-0.2, -0.15) is 0 Å². The molecular weight excluding hydrogens is 310 g/mol.